The smallest absolute Gasteiger partial charge is 0.123 e. The van der Waals surface area contributed by atoms with Crippen molar-refractivity contribution in [1.29, 1.82) is 5.41 Å². The van der Waals surface area contributed by atoms with Crippen molar-refractivity contribution >= 4 is 27.5 Å². The molecule has 0 spiro atoms. The SMILES string of the molecule is CN(c1ccc(C(=N)N)c(Br)c1)C(C)(C)CO. The number of aliphatic hydroxyl groups is 1. The summed E-state index contributed by atoms with van der Waals surface area (Å²) in [5.41, 5.74) is 6.75. The van der Waals surface area contributed by atoms with E-state index in [0.29, 0.717) is 5.56 Å². The standard InChI is InChI=1S/C12H18BrN3O/c1-12(2,7-17)16(3)8-4-5-9(11(14)15)10(13)6-8/h4-6,17H,7H2,1-3H3,(H3,14,15). The number of amidine groups is 1. The first-order valence-corrected chi connectivity index (χ1v) is 6.07. The molecule has 1 aromatic rings. The van der Waals surface area contributed by atoms with Crippen LogP contribution in [0.25, 0.3) is 0 Å². The third-order valence-electron chi connectivity index (χ3n) is 2.93. The van der Waals surface area contributed by atoms with Crippen LogP contribution < -0.4 is 10.6 Å². The van der Waals surface area contributed by atoms with Crippen molar-refractivity contribution in [1.82, 2.24) is 0 Å². The van der Waals surface area contributed by atoms with Crippen molar-refractivity contribution in [2.45, 2.75) is 19.4 Å². The van der Waals surface area contributed by atoms with Crippen LogP contribution in [0.1, 0.15) is 19.4 Å². The van der Waals surface area contributed by atoms with Gasteiger partial charge in [-0.1, -0.05) is 0 Å². The molecule has 4 nitrogen and oxygen atoms in total. The van der Waals surface area contributed by atoms with E-state index < -0.39 is 0 Å². The van der Waals surface area contributed by atoms with Gasteiger partial charge in [0.1, 0.15) is 5.84 Å². The lowest BCUT2D eigenvalue weighted by molar-refractivity contribution is 0.216. The Morgan fingerprint density at radius 3 is 2.53 bits per heavy atom. The zero-order valence-electron chi connectivity index (χ0n) is 10.3. The molecule has 0 heterocycles. The summed E-state index contributed by atoms with van der Waals surface area (Å²) in [4.78, 5) is 1.99. The van der Waals surface area contributed by atoms with Gasteiger partial charge in [-0.25, -0.2) is 0 Å². The molecule has 0 bridgehead atoms. The van der Waals surface area contributed by atoms with Gasteiger partial charge in [-0.2, -0.15) is 0 Å². The first-order chi connectivity index (χ1) is 7.79. The number of benzene rings is 1. The van der Waals surface area contributed by atoms with Crippen molar-refractivity contribution in [2.24, 2.45) is 5.73 Å². The van der Waals surface area contributed by atoms with Crippen LogP contribution in [0.2, 0.25) is 0 Å². The molecule has 0 aromatic heterocycles. The summed E-state index contributed by atoms with van der Waals surface area (Å²) in [5.74, 6) is 0.0347. The lowest BCUT2D eigenvalue weighted by Crippen LogP contribution is -2.44. The third-order valence-corrected chi connectivity index (χ3v) is 3.58. The normalized spacial score (nSPS) is 11.4. The van der Waals surface area contributed by atoms with Gasteiger partial charge in [-0.05, 0) is 48.0 Å². The Balaban J connectivity index is 3.10. The summed E-state index contributed by atoms with van der Waals surface area (Å²) < 4.78 is 0.781. The summed E-state index contributed by atoms with van der Waals surface area (Å²) in [6.45, 7) is 3.98. The second kappa shape index (κ2) is 5.06. The molecule has 1 rings (SSSR count). The van der Waals surface area contributed by atoms with Crippen LogP contribution in [-0.2, 0) is 0 Å². The predicted octanol–water partition coefficient (Wildman–Crippen LogP) is 1.94. The number of nitrogen functional groups attached to an aromatic ring is 1. The number of halogens is 1. The van der Waals surface area contributed by atoms with Gasteiger partial charge in [0.2, 0.25) is 0 Å². The van der Waals surface area contributed by atoms with Gasteiger partial charge in [0.25, 0.3) is 0 Å². The minimum absolute atomic E-state index is 0.0347. The average Bonchev–Trinajstić information content (AvgIpc) is 2.27. The van der Waals surface area contributed by atoms with Crippen molar-refractivity contribution in [2.75, 3.05) is 18.6 Å². The lowest BCUT2D eigenvalue weighted by Gasteiger charge is -2.36. The largest absolute Gasteiger partial charge is 0.394 e. The zero-order valence-corrected chi connectivity index (χ0v) is 11.9. The molecule has 0 aliphatic carbocycles. The Morgan fingerprint density at radius 2 is 2.12 bits per heavy atom. The number of hydrogen-bond donors (Lipinski definition) is 3. The van der Waals surface area contributed by atoms with E-state index in [1.807, 2.05) is 37.9 Å². The molecule has 0 radical (unpaired) electrons. The van der Waals surface area contributed by atoms with E-state index in [-0.39, 0.29) is 18.0 Å². The number of anilines is 1. The van der Waals surface area contributed by atoms with Crippen LogP contribution in [0.5, 0.6) is 0 Å². The average molecular weight is 300 g/mol. The van der Waals surface area contributed by atoms with Crippen LogP contribution in [0.15, 0.2) is 22.7 Å². The summed E-state index contributed by atoms with van der Waals surface area (Å²) >= 11 is 3.39. The van der Waals surface area contributed by atoms with Crippen LogP contribution in [-0.4, -0.2) is 30.1 Å². The molecule has 0 fully saturated rings. The minimum atomic E-state index is -0.336. The first-order valence-electron chi connectivity index (χ1n) is 5.28. The number of rotatable bonds is 4. The first kappa shape index (κ1) is 14.0. The number of nitrogens with one attached hydrogen (secondary N) is 1. The number of nitrogens with two attached hydrogens (primary N) is 1. The molecular formula is C12H18BrN3O. The molecule has 5 heteroatoms. The minimum Gasteiger partial charge on any atom is -0.394 e. The van der Waals surface area contributed by atoms with E-state index in [0.717, 1.165) is 10.2 Å². The Hall–Kier alpha value is -1.07. The summed E-state index contributed by atoms with van der Waals surface area (Å²) in [5, 5.41) is 16.7. The van der Waals surface area contributed by atoms with E-state index in [9.17, 15) is 5.11 Å². The van der Waals surface area contributed by atoms with E-state index in [4.69, 9.17) is 11.1 Å². The number of hydrogen-bond acceptors (Lipinski definition) is 3. The Kier molecular flexibility index (Phi) is 4.16. The maximum Gasteiger partial charge on any atom is 0.123 e. The zero-order chi connectivity index (χ0) is 13.2. The van der Waals surface area contributed by atoms with Gasteiger partial charge >= 0.3 is 0 Å². The molecule has 0 saturated heterocycles. The van der Waals surface area contributed by atoms with Gasteiger partial charge < -0.3 is 15.7 Å². The maximum atomic E-state index is 9.33. The maximum absolute atomic E-state index is 9.33. The molecule has 0 atom stereocenters. The van der Waals surface area contributed by atoms with Gasteiger partial charge in [0.05, 0.1) is 12.1 Å². The van der Waals surface area contributed by atoms with Gasteiger partial charge in [0, 0.05) is 22.8 Å². The van der Waals surface area contributed by atoms with Gasteiger partial charge in [0.15, 0.2) is 0 Å². The van der Waals surface area contributed by atoms with Crippen molar-refractivity contribution in [3.63, 3.8) is 0 Å². The van der Waals surface area contributed by atoms with Crippen molar-refractivity contribution in [3.8, 4) is 0 Å². The fraction of sp³-hybridized carbons (Fsp3) is 0.417. The monoisotopic (exact) mass is 299 g/mol. The Labute approximate surface area is 110 Å². The summed E-state index contributed by atoms with van der Waals surface area (Å²) in [6, 6.07) is 5.58. The van der Waals surface area contributed by atoms with Crippen LogP contribution in [0, 0.1) is 5.41 Å². The summed E-state index contributed by atoms with van der Waals surface area (Å²) in [7, 11) is 1.92. The van der Waals surface area contributed by atoms with E-state index in [1.165, 1.54) is 0 Å². The number of nitrogens with zero attached hydrogens (tertiary/aromatic N) is 1. The molecule has 0 aliphatic rings. The fourth-order valence-corrected chi connectivity index (χ4v) is 1.97. The molecule has 0 saturated carbocycles. The molecule has 4 N–H and O–H groups in total. The molecule has 94 valence electrons. The molecule has 17 heavy (non-hydrogen) atoms. The highest BCUT2D eigenvalue weighted by molar-refractivity contribution is 9.10. The third kappa shape index (κ3) is 2.98. The van der Waals surface area contributed by atoms with E-state index in [2.05, 4.69) is 15.9 Å². The summed E-state index contributed by atoms with van der Waals surface area (Å²) in [6.07, 6.45) is 0. The fourth-order valence-electron chi connectivity index (χ4n) is 1.39. The van der Waals surface area contributed by atoms with E-state index >= 15 is 0 Å². The molecule has 1 aromatic carbocycles. The van der Waals surface area contributed by atoms with Gasteiger partial charge in [-0.15, -0.1) is 0 Å². The number of likely N-dealkylation sites (N-methyl/N-ethyl adjacent to an activating group) is 1. The van der Waals surface area contributed by atoms with Crippen molar-refractivity contribution in [3.05, 3.63) is 28.2 Å². The number of aliphatic hydroxyl groups excluding tert-OH is 1. The Bertz CT molecular complexity index is 432. The second-order valence-corrected chi connectivity index (χ2v) is 5.46. The van der Waals surface area contributed by atoms with Gasteiger partial charge in [-0.3, -0.25) is 5.41 Å². The molecule has 0 unspecified atom stereocenters. The second-order valence-electron chi connectivity index (χ2n) is 4.61. The Morgan fingerprint density at radius 1 is 1.53 bits per heavy atom. The van der Waals surface area contributed by atoms with Crippen LogP contribution >= 0.6 is 15.9 Å². The lowest BCUT2D eigenvalue weighted by atomic mass is 10.0. The highest BCUT2D eigenvalue weighted by Crippen LogP contribution is 2.27. The predicted molar refractivity (Wildman–Crippen MR) is 74.7 cm³/mol. The van der Waals surface area contributed by atoms with Crippen LogP contribution in [0.4, 0.5) is 5.69 Å². The quantitative estimate of drug-likeness (QED) is 0.588. The molecular weight excluding hydrogens is 282 g/mol. The highest BCUT2D eigenvalue weighted by atomic mass is 79.9. The molecule has 0 aliphatic heterocycles. The topological polar surface area (TPSA) is 73.3 Å². The molecule has 0 amide bonds. The highest BCUT2D eigenvalue weighted by Gasteiger charge is 2.23. The van der Waals surface area contributed by atoms with E-state index in [1.54, 1.807) is 6.07 Å². The van der Waals surface area contributed by atoms with Crippen LogP contribution in [0.3, 0.4) is 0 Å². The van der Waals surface area contributed by atoms with Crippen molar-refractivity contribution < 1.29 is 5.11 Å².